The molecule has 0 radical (unpaired) electrons. The summed E-state index contributed by atoms with van der Waals surface area (Å²) in [4.78, 5) is 26.5. The van der Waals surface area contributed by atoms with E-state index >= 15 is 0 Å². The molecule has 2 aromatic rings. The predicted molar refractivity (Wildman–Crippen MR) is 96.7 cm³/mol. The third-order valence-electron chi connectivity index (χ3n) is 4.47. The van der Waals surface area contributed by atoms with Crippen LogP contribution in [0.4, 0.5) is 24.5 Å². The molecule has 1 aliphatic heterocycles. The Bertz CT molecular complexity index is 882. The maximum Gasteiger partial charge on any atom is 0.416 e. The quantitative estimate of drug-likeness (QED) is 0.767. The van der Waals surface area contributed by atoms with E-state index in [4.69, 9.17) is 11.6 Å². The van der Waals surface area contributed by atoms with Gasteiger partial charge in [0.15, 0.2) is 0 Å². The molecule has 0 spiro atoms. The maximum atomic E-state index is 12.6. The number of benzene rings is 2. The third kappa shape index (κ3) is 4.08. The monoisotopic (exact) mass is 396 g/mol. The number of rotatable bonds is 3. The fraction of sp³-hybridized carbons (Fsp3) is 0.263. The van der Waals surface area contributed by atoms with Gasteiger partial charge in [0.05, 0.1) is 5.56 Å². The van der Waals surface area contributed by atoms with Crippen molar-refractivity contribution in [2.75, 3.05) is 16.8 Å². The second-order valence-electron chi connectivity index (χ2n) is 6.33. The Morgan fingerprint density at radius 3 is 2.44 bits per heavy atom. The van der Waals surface area contributed by atoms with Crippen molar-refractivity contribution in [1.82, 2.24) is 0 Å². The van der Waals surface area contributed by atoms with Gasteiger partial charge < -0.3 is 10.2 Å². The molecule has 1 heterocycles. The van der Waals surface area contributed by atoms with E-state index in [1.807, 2.05) is 6.92 Å². The Kier molecular flexibility index (Phi) is 5.15. The minimum absolute atomic E-state index is 0.206. The van der Waals surface area contributed by atoms with E-state index in [2.05, 4.69) is 5.32 Å². The molecule has 0 aliphatic carbocycles. The molecule has 1 N–H and O–H groups in total. The van der Waals surface area contributed by atoms with Crippen LogP contribution in [0.25, 0.3) is 0 Å². The molecule has 4 nitrogen and oxygen atoms in total. The number of aryl methyl sites for hydroxylation is 1. The minimum Gasteiger partial charge on any atom is -0.325 e. The first-order valence-corrected chi connectivity index (χ1v) is 8.60. The lowest BCUT2D eigenvalue weighted by atomic mass is 10.1. The summed E-state index contributed by atoms with van der Waals surface area (Å²) in [5.74, 6) is -1.80. The van der Waals surface area contributed by atoms with Crippen molar-refractivity contribution in [2.45, 2.75) is 19.5 Å². The smallest absolute Gasteiger partial charge is 0.325 e. The second kappa shape index (κ2) is 7.23. The summed E-state index contributed by atoms with van der Waals surface area (Å²) >= 11 is 6.09. The van der Waals surface area contributed by atoms with Crippen LogP contribution in [-0.2, 0) is 15.8 Å². The van der Waals surface area contributed by atoms with Crippen LogP contribution in [0.1, 0.15) is 17.5 Å². The van der Waals surface area contributed by atoms with Crippen molar-refractivity contribution in [3.63, 3.8) is 0 Å². The van der Waals surface area contributed by atoms with Gasteiger partial charge in [-0.25, -0.2) is 0 Å². The van der Waals surface area contributed by atoms with Crippen LogP contribution < -0.4 is 10.2 Å². The Labute approximate surface area is 158 Å². The molecular weight excluding hydrogens is 381 g/mol. The molecule has 1 atom stereocenters. The number of carbonyl (C=O) groups excluding carboxylic acids is 2. The van der Waals surface area contributed by atoms with Gasteiger partial charge in [-0.1, -0.05) is 17.7 Å². The molecule has 2 amide bonds. The van der Waals surface area contributed by atoms with Crippen LogP contribution in [0, 0.1) is 12.8 Å². The molecule has 1 fully saturated rings. The Morgan fingerprint density at radius 2 is 1.85 bits per heavy atom. The number of hydrogen-bond acceptors (Lipinski definition) is 2. The largest absolute Gasteiger partial charge is 0.416 e. The number of nitrogens with zero attached hydrogens (tertiary/aromatic N) is 1. The maximum absolute atomic E-state index is 12.6. The Balaban J connectivity index is 1.69. The SMILES string of the molecule is Cc1ccc(N2CC[C@@H](C(=O)Nc3ccc(C(F)(F)F)cc3)C2=O)cc1Cl. The summed E-state index contributed by atoms with van der Waals surface area (Å²) < 4.78 is 37.8. The van der Waals surface area contributed by atoms with Gasteiger partial charge in [0, 0.05) is 22.9 Å². The third-order valence-corrected chi connectivity index (χ3v) is 4.88. The lowest BCUT2D eigenvalue weighted by Crippen LogP contribution is -2.33. The highest BCUT2D eigenvalue weighted by atomic mass is 35.5. The van der Waals surface area contributed by atoms with Gasteiger partial charge in [0.25, 0.3) is 0 Å². The highest BCUT2D eigenvalue weighted by Crippen LogP contribution is 2.31. The van der Waals surface area contributed by atoms with Crippen molar-refractivity contribution >= 4 is 34.8 Å². The zero-order valence-corrected chi connectivity index (χ0v) is 15.1. The molecule has 27 heavy (non-hydrogen) atoms. The summed E-state index contributed by atoms with van der Waals surface area (Å²) in [7, 11) is 0. The van der Waals surface area contributed by atoms with Crippen LogP contribution in [0.15, 0.2) is 42.5 Å². The van der Waals surface area contributed by atoms with Gasteiger partial charge in [-0.3, -0.25) is 9.59 Å². The van der Waals surface area contributed by atoms with Crippen molar-refractivity contribution < 1.29 is 22.8 Å². The lowest BCUT2D eigenvalue weighted by Gasteiger charge is -2.17. The van der Waals surface area contributed by atoms with Gasteiger partial charge in [0.1, 0.15) is 5.92 Å². The second-order valence-corrected chi connectivity index (χ2v) is 6.74. The lowest BCUT2D eigenvalue weighted by molar-refractivity contribution is -0.137. The zero-order chi connectivity index (χ0) is 19.8. The van der Waals surface area contributed by atoms with E-state index in [9.17, 15) is 22.8 Å². The summed E-state index contributed by atoms with van der Waals surface area (Å²) in [5.41, 5.74) is 0.890. The molecule has 0 aromatic heterocycles. The molecule has 1 saturated heterocycles. The molecule has 0 saturated carbocycles. The van der Waals surface area contributed by atoms with E-state index < -0.39 is 23.6 Å². The van der Waals surface area contributed by atoms with Crippen molar-refractivity contribution in [2.24, 2.45) is 5.92 Å². The number of anilines is 2. The summed E-state index contributed by atoms with van der Waals surface area (Å²) in [6, 6.07) is 9.31. The summed E-state index contributed by atoms with van der Waals surface area (Å²) in [6.45, 7) is 2.21. The van der Waals surface area contributed by atoms with E-state index in [0.29, 0.717) is 23.7 Å². The number of halogens is 4. The van der Waals surface area contributed by atoms with Gasteiger partial charge in [-0.2, -0.15) is 13.2 Å². The Morgan fingerprint density at radius 1 is 1.19 bits per heavy atom. The highest BCUT2D eigenvalue weighted by molar-refractivity contribution is 6.31. The van der Waals surface area contributed by atoms with Crippen LogP contribution in [-0.4, -0.2) is 18.4 Å². The number of nitrogens with one attached hydrogen (secondary N) is 1. The predicted octanol–water partition coefficient (Wildman–Crippen LogP) is 4.66. The minimum atomic E-state index is -4.44. The molecular formula is C19H16ClF3N2O2. The standard InChI is InChI=1S/C19H16ClF3N2O2/c1-11-2-7-14(10-16(11)20)25-9-8-15(18(25)27)17(26)24-13-5-3-12(4-6-13)19(21,22)23/h2-7,10,15H,8-9H2,1H3,(H,24,26)/t15-/m0/s1. The van der Waals surface area contributed by atoms with Crippen LogP contribution in [0.2, 0.25) is 5.02 Å². The fourth-order valence-electron chi connectivity index (χ4n) is 2.90. The first kappa shape index (κ1) is 19.2. The van der Waals surface area contributed by atoms with Crippen LogP contribution in [0.3, 0.4) is 0 Å². The molecule has 1 aliphatic rings. The van der Waals surface area contributed by atoms with E-state index in [1.54, 1.807) is 18.2 Å². The number of carbonyl (C=O) groups is 2. The Hall–Kier alpha value is -2.54. The van der Waals surface area contributed by atoms with Crippen molar-refractivity contribution in [3.05, 3.63) is 58.6 Å². The first-order chi connectivity index (χ1) is 12.7. The number of alkyl halides is 3. The van der Waals surface area contributed by atoms with Gasteiger partial charge in [-0.05, 0) is 55.3 Å². The van der Waals surface area contributed by atoms with Gasteiger partial charge in [-0.15, -0.1) is 0 Å². The summed E-state index contributed by atoms with van der Waals surface area (Å²) in [5, 5.41) is 3.03. The van der Waals surface area contributed by atoms with Gasteiger partial charge >= 0.3 is 6.18 Å². The van der Waals surface area contributed by atoms with E-state index in [-0.39, 0.29) is 11.6 Å². The molecule has 0 unspecified atom stereocenters. The van der Waals surface area contributed by atoms with Crippen molar-refractivity contribution in [3.8, 4) is 0 Å². The highest BCUT2D eigenvalue weighted by Gasteiger charge is 2.38. The van der Waals surface area contributed by atoms with E-state index in [1.165, 1.54) is 4.90 Å². The summed E-state index contributed by atoms with van der Waals surface area (Å²) in [6.07, 6.45) is -4.13. The van der Waals surface area contributed by atoms with Crippen LogP contribution >= 0.6 is 11.6 Å². The average Bonchev–Trinajstić information content (AvgIpc) is 2.98. The molecule has 142 valence electrons. The first-order valence-electron chi connectivity index (χ1n) is 8.22. The van der Waals surface area contributed by atoms with Crippen LogP contribution in [0.5, 0.6) is 0 Å². The average molecular weight is 397 g/mol. The molecule has 3 rings (SSSR count). The van der Waals surface area contributed by atoms with E-state index in [0.717, 1.165) is 29.8 Å². The van der Waals surface area contributed by atoms with Gasteiger partial charge in [0.2, 0.25) is 11.8 Å². The number of amides is 2. The number of hydrogen-bond donors (Lipinski definition) is 1. The normalized spacial score (nSPS) is 17.3. The fourth-order valence-corrected chi connectivity index (χ4v) is 3.08. The zero-order valence-electron chi connectivity index (χ0n) is 14.3. The molecule has 8 heteroatoms. The van der Waals surface area contributed by atoms with Crippen molar-refractivity contribution in [1.29, 1.82) is 0 Å². The molecule has 0 bridgehead atoms. The topological polar surface area (TPSA) is 49.4 Å². The molecule has 2 aromatic carbocycles.